The summed E-state index contributed by atoms with van der Waals surface area (Å²) in [6, 6.07) is 10.8. The molecule has 1 atom stereocenters. The van der Waals surface area contributed by atoms with Crippen molar-refractivity contribution in [2.24, 2.45) is 5.73 Å². The number of aromatic nitrogens is 1. The van der Waals surface area contributed by atoms with Gasteiger partial charge in [-0.05, 0) is 31.5 Å². The van der Waals surface area contributed by atoms with Crippen LogP contribution >= 0.6 is 0 Å². The third-order valence-electron chi connectivity index (χ3n) is 5.65. The first-order chi connectivity index (χ1) is 13.2. The average Bonchev–Trinajstić information content (AvgIpc) is 2.69. The molecule has 27 heavy (non-hydrogen) atoms. The van der Waals surface area contributed by atoms with Crippen molar-refractivity contribution in [1.29, 1.82) is 0 Å². The van der Waals surface area contributed by atoms with Crippen molar-refractivity contribution in [2.45, 2.75) is 38.3 Å². The number of piperidine rings is 1. The number of carbonyl (C=O) groups excluding carboxylic acids is 1. The SMILES string of the molecule is NC(=O)CC1CCCCN1Cc1cc2ccccc2nc1N1CCOCC1. The van der Waals surface area contributed by atoms with Crippen LogP contribution in [0.3, 0.4) is 0 Å². The first-order valence-corrected chi connectivity index (χ1v) is 9.94. The Kier molecular flexibility index (Phi) is 5.55. The van der Waals surface area contributed by atoms with E-state index >= 15 is 0 Å². The number of morpholine rings is 1. The van der Waals surface area contributed by atoms with Crippen LogP contribution in [0.5, 0.6) is 0 Å². The number of likely N-dealkylation sites (tertiary alicyclic amines) is 1. The van der Waals surface area contributed by atoms with E-state index in [2.05, 4.69) is 34.1 Å². The Morgan fingerprint density at radius 2 is 2.00 bits per heavy atom. The predicted octanol–water partition coefficient (Wildman–Crippen LogP) is 2.30. The van der Waals surface area contributed by atoms with Gasteiger partial charge in [-0.3, -0.25) is 9.69 Å². The number of para-hydroxylation sites is 1. The average molecular weight is 368 g/mol. The molecular weight excluding hydrogens is 340 g/mol. The van der Waals surface area contributed by atoms with Gasteiger partial charge in [0.2, 0.25) is 5.91 Å². The topological polar surface area (TPSA) is 71.7 Å². The molecule has 2 fully saturated rings. The number of ether oxygens (including phenoxy) is 1. The molecule has 0 bridgehead atoms. The van der Waals surface area contributed by atoms with Crippen LogP contribution in [0, 0.1) is 0 Å². The van der Waals surface area contributed by atoms with Gasteiger partial charge in [-0.15, -0.1) is 0 Å². The second-order valence-corrected chi connectivity index (χ2v) is 7.55. The van der Waals surface area contributed by atoms with Gasteiger partial charge in [0, 0.05) is 43.0 Å². The van der Waals surface area contributed by atoms with Gasteiger partial charge in [0.1, 0.15) is 5.82 Å². The van der Waals surface area contributed by atoms with Gasteiger partial charge in [0.25, 0.3) is 0 Å². The highest BCUT2D eigenvalue weighted by molar-refractivity contribution is 5.82. The van der Waals surface area contributed by atoms with Crippen molar-refractivity contribution >= 4 is 22.6 Å². The van der Waals surface area contributed by atoms with Gasteiger partial charge in [0.05, 0.1) is 18.7 Å². The molecule has 6 heteroatoms. The first-order valence-electron chi connectivity index (χ1n) is 9.94. The molecule has 4 rings (SSSR count). The van der Waals surface area contributed by atoms with E-state index in [1.54, 1.807) is 0 Å². The van der Waals surface area contributed by atoms with E-state index in [0.29, 0.717) is 6.42 Å². The van der Waals surface area contributed by atoms with Gasteiger partial charge in [-0.25, -0.2) is 4.98 Å². The van der Waals surface area contributed by atoms with Crippen LogP contribution in [0.2, 0.25) is 0 Å². The van der Waals surface area contributed by atoms with E-state index in [1.165, 1.54) is 18.4 Å². The Morgan fingerprint density at radius 3 is 2.81 bits per heavy atom. The lowest BCUT2D eigenvalue weighted by Crippen LogP contribution is -2.42. The summed E-state index contributed by atoms with van der Waals surface area (Å²) in [5.41, 5.74) is 7.75. The summed E-state index contributed by atoms with van der Waals surface area (Å²) in [5, 5.41) is 1.16. The zero-order chi connectivity index (χ0) is 18.6. The Labute approximate surface area is 160 Å². The molecule has 2 aliphatic heterocycles. The third-order valence-corrected chi connectivity index (χ3v) is 5.65. The number of nitrogens with two attached hydrogens (primary N) is 1. The normalized spacial score (nSPS) is 21.5. The highest BCUT2D eigenvalue weighted by Crippen LogP contribution is 2.29. The number of amides is 1. The van der Waals surface area contributed by atoms with Crippen molar-refractivity contribution in [1.82, 2.24) is 9.88 Å². The number of pyridine rings is 1. The zero-order valence-electron chi connectivity index (χ0n) is 15.8. The number of fused-ring (bicyclic) bond motifs is 1. The molecular formula is C21H28N4O2. The summed E-state index contributed by atoms with van der Waals surface area (Å²) in [6.45, 7) is 5.02. The van der Waals surface area contributed by atoms with Crippen LogP contribution in [-0.4, -0.2) is 54.7 Å². The Bertz CT molecular complexity index is 804. The standard InChI is InChI=1S/C21H28N4O2/c22-20(26)14-18-6-3-4-8-25(18)15-17-13-16-5-1-2-7-19(16)23-21(17)24-9-11-27-12-10-24/h1-2,5,7,13,18H,3-4,6,8-12,14-15H2,(H2,22,26). The maximum atomic E-state index is 11.5. The molecule has 2 aliphatic rings. The van der Waals surface area contributed by atoms with Gasteiger partial charge < -0.3 is 15.4 Å². The van der Waals surface area contributed by atoms with Crippen molar-refractivity contribution in [3.05, 3.63) is 35.9 Å². The molecule has 0 aliphatic carbocycles. The Morgan fingerprint density at radius 1 is 1.19 bits per heavy atom. The zero-order valence-corrected chi connectivity index (χ0v) is 15.8. The molecule has 0 radical (unpaired) electrons. The van der Waals surface area contributed by atoms with E-state index in [9.17, 15) is 4.79 Å². The van der Waals surface area contributed by atoms with Crippen LogP contribution in [-0.2, 0) is 16.1 Å². The first kappa shape index (κ1) is 18.2. The smallest absolute Gasteiger partial charge is 0.218 e. The van der Waals surface area contributed by atoms with Crippen LogP contribution in [0.25, 0.3) is 10.9 Å². The van der Waals surface area contributed by atoms with E-state index in [1.807, 2.05) is 6.07 Å². The van der Waals surface area contributed by atoms with E-state index in [0.717, 1.165) is 62.5 Å². The number of hydrogen-bond acceptors (Lipinski definition) is 5. The second kappa shape index (κ2) is 8.23. The molecule has 1 unspecified atom stereocenters. The molecule has 2 N–H and O–H groups in total. The summed E-state index contributed by atoms with van der Waals surface area (Å²) in [6.07, 6.45) is 3.81. The number of carbonyl (C=O) groups is 1. The lowest BCUT2D eigenvalue weighted by Gasteiger charge is -2.36. The number of nitrogens with zero attached hydrogens (tertiary/aromatic N) is 3. The Hall–Kier alpha value is -2.18. The van der Waals surface area contributed by atoms with Crippen molar-refractivity contribution < 1.29 is 9.53 Å². The highest BCUT2D eigenvalue weighted by Gasteiger charge is 2.26. The van der Waals surface area contributed by atoms with E-state index < -0.39 is 0 Å². The van der Waals surface area contributed by atoms with E-state index in [-0.39, 0.29) is 11.9 Å². The number of anilines is 1. The number of primary amides is 1. The van der Waals surface area contributed by atoms with Crippen LogP contribution < -0.4 is 10.6 Å². The molecule has 1 amide bonds. The summed E-state index contributed by atoms with van der Waals surface area (Å²) >= 11 is 0. The molecule has 0 saturated carbocycles. The minimum Gasteiger partial charge on any atom is -0.378 e. The minimum atomic E-state index is -0.211. The molecule has 1 aromatic carbocycles. The monoisotopic (exact) mass is 368 g/mol. The fourth-order valence-corrected chi connectivity index (χ4v) is 4.27. The number of benzene rings is 1. The van der Waals surface area contributed by atoms with Crippen LogP contribution in [0.1, 0.15) is 31.2 Å². The Balaban J connectivity index is 1.66. The van der Waals surface area contributed by atoms with Crippen molar-refractivity contribution in [3.63, 3.8) is 0 Å². The van der Waals surface area contributed by atoms with Crippen molar-refractivity contribution in [2.75, 3.05) is 37.7 Å². The molecule has 2 saturated heterocycles. The second-order valence-electron chi connectivity index (χ2n) is 7.55. The van der Waals surface area contributed by atoms with Gasteiger partial charge in [-0.1, -0.05) is 24.6 Å². The summed E-state index contributed by atoms with van der Waals surface area (Å²) in [7, 11) is 0. The maximum absolute atomic E-state index is 11.5. The van der Waals surface area contributed by atoms with Crippen LogP contribution in [0.15, 0.2) is 30.3 Å². The fraction of sp³-hybridized carbons (Fsp3) is 0.524. The maximum Gasteiger partial charge on any atom is 0.218 e. The lowest BCUT2D eigenvalue weighted by molar-refractivity contribution is -0.119. The third kappa shape index (κ3) is 4.22. The summed E-state index contributed by atoms with van der Waals surface area (Å²) in [5.74, 6) is 0.845. The lowest BCUT2D eigenvalue weighted by atomic mass is 9.98. The molecule has 0 spiro atoms. The van der Waals surface area contributed by atoms with Gasteiger partial charge in [-0.2, -0.15) is 0 Å². The quantitative estimate of drug-likeness (QED) is 0.877. The number of rotatable bonds is 5. The largest absolute Gasteiger partial charge is 0.378 e. The molecule has 144 valence electrons. The fourth-order valence-electron chi connectivity index (χ4n) is 4.27. The molecule has 3 heterocycles. The number of hydrogen-bond donors (Lipinski definition) is 1. The molecule has 1 aromatic heterocycles. The van der Waals surface area contributed by atoms with Crippen molar-refractivity contribution in [3.8, 4) is 0 Å². The predicted molar refractivity (Wildman–Crippen MR) is 107 cm³/mol. The molecule has 2 aromatic rings. The molecule has 6 nitrogen and oxygen atoms in total. The van der Waals surface area contributed by atoms with Crippen LogP contribution in [0.4, 0.5) is 5.82 Å². The minimum absolute atomic E-state index is 0.211. The van der Waals surface area contributed by atoms with Gasteiger partial charge in [0.15, 0.2) is 0 Å². The van der Waals surface area contributed by atoms with E-state index in [4.69, 9.17) is 15.5 Å². The highest BCUT2D eigenvalue weighted by atomic mass is 16.5. The van der Waals surface area contributed by atoms with Gasteiger partial charge >= 0.3 is 0 Å². The summed E-state index contributed by atoms with van der Waals surface area (Å²) < 4.78 is 5.53. The summed E-state index contributed by atoms with van der Waals surface area (Å²) in [4.78, 5) is 21.3.